The van der Waals surface area contributed by atoms with Crippen molar-refractivity contribution in [1.29, 1.82) is 0 Å². The molecule has 0 aliphatic rings. The van der Waals surface area contributed by atoms with E-state index in [2.05, 4.69) is 37.6 Å². The third-order valence-corrected chi connectivity index (χ3v) is 4.28. The van der Waals surface area contributed by atoms with Crippen LogP contribution in [0.15, 0.2) is 28.2 Å². The summed E-state index contributed by atoms with van der Waals surface area (Å²) in [6.45, 7) is 5.28. The Morgan fingerprint density at radius 1 is 1.50 bits per heavy atom. The van der Waals surface area contributed by atoms with Crippen LogP contribution in [-0.4, -0.2) is 17.4 Å². The van der Waals surface area contributed by atoms with Gasteiger partial charge in [-0.1, -0.05) is 0 Å². The Balaban J connectivity index is 2.12. The number of nitrogens with zero attached hydrogens (tertiary/aromatic N) is 1. The zero-order valence-electron chi connectivity index (χ0n) is 11.4. The molecule has 0 saturated heterocycles. The average Bonchev–Trinajstić information content (AvgIpc) is 2.84. The van der Waals surface area contributed by atoms with Crippen LogP contribution < -0.4 is 10.6 Å². The third kappa shape index (κ3) is 3.58. The fourth-order valence-electron chi connectivity index (χ4n) is 1.76. The number of aromatic nitrogens is 1. The van der Waals surface area contributed by atoms with Gasteiger partial charge in [0.25, 0.3) is 5.91 Å². The van der Waals surface area contributed by atoms with E-state index >= 15 is 0 Å². The lowest BCUT2D eigenvalue weighted by Crippen LogP contribution is -2.24. The van der Waals surface area contributed by atoms with Crippen molar-refractivity contribution in [3.05, 3.63) is 44.2 Å². The van der Waals surface area contributed by atoms with E-state index in [1.165, 1.54) is 10.4 Å². The van der Waals surface area contributed by atoms with Gasteiger partial charge >= 0.3 is 0 Å². The van der Waals surface area contributed by atoms with Crippen molar-refractivity contribution >= 4 is 39.0 Å². The van der Waals surface area contributed by atoms with Crippen molar-refractivity contribution in [3.63, 3.8) is 0 Å². The monoisotopic (exact) mass is 353 g/mol. The molecule has 2 aromatic rings. The SMILES string of the molecule is CCNc1ncc(Br)cc1C(=O)NCc1sccc1C. The predicted octanol–water partition coefficient (Wildman–Crippen LogP) is 3.58. The molecule has 6 heteroatoms. The summed E-state index contributed by atoms with van der Waals surface area (Å²) in [7, 11) is 0. The molecule has 0 aromatic carbocycles. The van der Waals surface area contributed by atoms with E-state index in [9.17, 15) is 4.79 Å². The molecule has 2 aromatic heterocycles. The number of halogens is 1. The number of amides is 1. The second-order valence-corrected chi connectivity index (χ2v) is 6.21. The highest BCUT2D eigenvalue weighted by Crippen LogP contribution is 2.19. The number of nitrogens with one attached hydrogen (secondary N) is 2. The maximum atomic E-state index is 12.3. The molecule has 1 amide bonds. The van der Waals surface area contributed by atoms with Crippen LogP contribution in [0.3, 0.4) is 0 Å². The lowest BCUT2D eigenvalue weighted by molar-refractivity contribution is 0.0951. The zero-order valence-corrected chi connectivity index (χ0v) is 13.8. The topological polar surface area (TPSA) is 54.0 Å². The summed E-state index contributed by atoms with van der Waals surface area (Å²) in [4.78, 5) is 17.7. The highest BCUT2D eigenvalue weighted by molar-refractivity contribution is 9.10. The number of thiophene rings is 1. The van der Waals surface area contributed by atoms with E-state index in [0.29, 0.717) is 17.9 Å². The average molecular weight is 354 g/mol. The van der Waals surface area contributed by atoms with Crippen LogP contribution in [-0.2, 0) is 6.54 Å². The van der Waals surface area contributed by atoms with Crippen molar-refractivity contribution in [3.8, 4) is 0 Å². The number of anilines is 1. The van der Waals surface area contributed by atoms with Crippen LogP contribution in [0, 0.1) is 6.92 Å². The van der Waals surface area contributed by atoms with Crippen LogP contribution in [0.5, 0.6) is 0 Å². The molecule has 2 heterocycles. The molecule has 0 saturated carbocycles. The van der Waals surface area contributed by atoms with Crippen molar-refractivity contribution in [1.82, 2.24) is 10.3 Å². The number of hydrogen-bond donors (Lipinski definition) is 2. The van der Waals surface area contributed by atoms with Gasteiger partial charge in [-0.2, -0.15) is 0 Å². The van der Waals surface area contributed by atoms with Crippen molar-refractivity contribution in [2.45, 2.75) is 20.4 Å². The maximum Gasteiger partial charge on any atom is 0.255 e. The van der Waals surface area contributed by atoms with Gasteiger partial charge in [0.2, 0.25) is 0 Å². The zero-order chi connectivity index (χ0) is 14.5. The Morgan fingerprint density at radius 3 is 2.95 bits per heavy atom. The molecule has 20 heavy (non-hydrogen) atoms. The second kappa shape index (κ2) is 6.85. The summed E-state index contributed by atoms with van der Waals surface area (Å²) in [5.74, 6) is 0.485. The highest BCUT2D eigenvalue weighted by Gasteiger charge is 2.13. The third-order valence-electron chi connectivity index (χ3n) is 2.82. The van der Waals surface area contributed by atoms with Crippen LogP contribution in [0.2, 0.25) is 0 Å². The van der Waals surface area contributed by atoms with Crippen LogP contribution in [0.1, 0.15) is 27.7 Å². The molecule has 0 radical (unpaired) electrons. The maximum absolute atomic E-state index is 12.3. The number of rotatable bonds is 5. The number of pyridine rings is 1. The molecule has 0 atom stereocenters. The van der Waals surface area contributed by atoms with Gasteiger partial charge in [-0.15, -0.1) is 11.3 Å². The van der Waals surface area contributed by atoms with Gasteiger partial charge in [-0.05, 0) is 52.9 Å². The first-order chi connectivity index (χ1) is 9.61. The van der Waals surface area contributed by atoms with Gasteiger partial charge in [0.15, 0.2) is 0 Å². The molecule has 0 unspecified atom stereocenters. The summed E-state index contributed by atoms with van der Waals surface area (Å²) in [5, 5.41) is 8.07. The summed E-state index contributed by atoms with van der Waals surface area (Å²) in [6.07, 6.45) is 1.68. The minimum Gasteiger partial charge on any atom is -0.370 e. The molecule has 0 bridgehead atoms. The van der Waals surface area contributed by atoms with E-state index in [4.69, 9.17) is 0 Å². The number of aryl methyl sites for hydroxylation is 1. The molecule has 0 aliphatic carbocycles. The van der Waals surface area contributed by atoms with Crippen molar-refractivity contribution < 1.29 is 4.79 Å². The fraction of sp³-hybridized carbons (Fsp3) is 0.286. The largest absolute Gasteiger partial charge is 0.370 e. The molecule has 106 valence electrons. The van der Waals surface area contributed by atoms with Gasteiger partial charge in [-0.25, -0.2) is 4.98 Å². The molecule has 2 rings (SSSR count). The quantitative estimate of drug-likeness (QED) is 0.863. The van der Waals surface area contributed by atoms with E-state index in [1.807, 2.05) is 19.2 Å². The van der Waals surface area contributed by atoms with Crippen LogP contribution in [0.25, 0.3) is 0 Å². The van der Waals surface area contributed by atoms with Crippen LogP contribution in [0.4, 0.5) is 5.82 Å². The van der Waals surface area contributed by atoms with Gasteiger partial charge in [0.1, 0.15) is 5.82 Å². The molecular weight excluding hydrogens is 338 g/mol. The molecule has 0 fully saturated rings. The first-order valence-electron chi connectivity index (χ1n) is 6.32. The molecule has 0 spiro atoms. The molecule has 4 nitrogen and oxygen atoms in total. The minimum absolute atomic E-state index is 0.123. The summed E-state index contributed by atoms with van der Waals surface area (Å²) in [6, 6.07) is 3.83. The molecular formula is C14H16BrN3OS. The van der Waals surface area contributed by atoms with E-state index in [0.717, 1.165) is 11.0 Å². The first-order valence-corrected chi connectivity index (χ1v) is 7.99. The number of hydrogen-bond acceptors (Lipinski definition) is 4. The Labute approximate surface area is 130 Å². The number of carbonyl (C=O) groups excluding carboxylic acids is 1. The van der Waals surface area contributed by atoms with Gasteiger partial charge < -0.3 is 10.6 Å². The molecule has 0 aliphatic heterocycles. The summed E-state index contributed by atoms with van der Waals surface area (Å²) in [5.41, 5.74) is 1.75. The van der Waals surface area contributed by atoms with Crippen molar-refractivity contribution in [2.75, 3.05) is 11.9 Å². The van der Waals surface area contributed by atoms with Crippen molar-refractivity contribution in [2.24, 2.45) is 0 Å². The predicted molar refractivity (Wildman–Crippen MR) is 86.3 cm³/mol. The normalized spacial score (nSPS) is 10.3. The second-order valence-electron chi connectivity index (χ2n) is 4.29. The van der Waals surface area contributed by atoms with E-state index < -0.39 is 0 Å². The smallest absolute Gasteiger partial charge is 0.255 e. The van der Waals surface area contributed by atoms with Crippen LogP contribution >= 0.6 is 27.3 Å². The summed E-state index contributed by atoms with van der Waals surface area (Å²) < 4.78 is 0.789. The number of carbonyl (C=O) groups is 1. The van der Waals surface area contributed by atoms with E-state index in [-0.39, 0.29) is 5.91 Å². The fourth-order valence-corrected chi connectivity index (χ4v) is 2.94. The Kier molecular flexibility index (Phi) is 5.14. The molecule has 2 N–H and O–H groups in total. The minimum atomic E-state index is -0.123. The highest BCUT2D eigenvalue weighted by atomic mass is 79.9. The lowest BCUT2D eigenvalue weighted by atomic mass is 10.2. The van der Waals surface area contributed by atoms with Gasteiger partial charge in [0.05, 0.1) is 12.1 Å². The van der Waals surface area contributed by atoms with E-state index in [1.54, 1.807) is 23.6 Å². The Hall–Kier alpha value is -1.40. The Morgan fingerprint density at radius 2 is 2.30 bits per heavy atom. The lowest BCUT2D eigenvalue weighted by Gasteiger charge is -2.10. The standard InChI is InChI=1S/C14H16BrN3OS/c1-3-16-13-11(6-10(15)7-17-13)14(19)18-8-12-9(2)4-5-20-12/h4-7H,3,8H2,1-2H3,(H,16,17)(H,18,19). The first kappa shape index (κ1) is 15.0. The van der Waals surface area contributed by atoms with Gasteiger partial charge in [-0.3, -0.25) is 4.79 Å². The summed E-state index contributed by atoms with van der Waals surface area (Å²) >= 11 is 5.00. The van der Waals surface area contributed by atoms with Gasteiger partial charge in [0, 0.05) is 22.1 Å². The Bertz CT molecular complexity index is 612.